The van der Waals surface area contributed by atoms with Crippen molar-refractivity contribution in [3.63, 3.8) is 0 Å². The first kappa shape index (κ1) is 42.4. The van der Waals surface area contributed by atoms with Gasteiger partial charge in [0.2, 0.25) is 0 Å². The Hall–Kier alpha value is -9.50. The van der Waals surface area contributed by atoms with E-state index in [2.05, 4.69) is 278 Å². The van der Waals surface area contributed by atoms with E-state index in [0.717, 1.165) is 50.1 Å². The van der Waals surface area contributed by atoms with Gasteiger partial charge in [-0.3, -0.25) is 0 Å². The molecule has 0 spiro atoms. The van der Waals surface area contributed by atoms with E-state index in [9.17, 15) is 0 Å². The number of nitrogens with zero attached hydrogens (tertiary/aromatic N) is 1. The number of hydrogen-bond donors (Lipinski definition) is 0. The predicted molar refractivity (Wildman–Crippen MR) is 305 cm³/mol. The van der Waals surface area contributed by atoms with E-state index in [-0.39, 0.29) is 0 Å². The summed E-state index contributed by atoms with van der Waals surface area (Å²) < 4.78 is 6.20. The van der Waals surface area contributed by atoms with E-state index in [1.165, 1.54) is 77.5 Å². The Morgan fingerprint density at radius 2 is 0.726 bits per heavy atom. The van der Waals surface area contributed by atoms with Gasteiger partial charge in [0.15, 0.2) is 0 Å². The van der Waals surface area contributed by atoms with Crippen LogP contribution in [0, 0.1) is 0 Å². The summed E-state index contributed by atoms with van der Waals surface area (Å²) in [5.41, 5.74) is 21.3. The molecule has 14 rings (SSSR count). The number of para-hydroxylation sites is 1. The molecule has 0 saturated carbocycles. The first-order valence-corrected chi connectivity index (χ1v) is 25.1. The molecule has 0 fully saturated rings. The molecule has 2 heteroatoms. The Morgan fingerprint density at radius 1 is 0.260 bits per heavy atom. The summed E-state index contributed by atoms with van der Waals surface area (Å²) in [6.07, 6.45) is 0. The number of fused-ring (bicyclic) bond motifs is 7. The first-order chi connectivity index (χ1) is 36.2. The van der Waals surface area contributed by atoms with Crippen molar-refractivity contribution in [2.75, 3.05) is 4.90 Å². The van der Waals surface area contributed by atoms with Crippen LogP contribution in [0.2, 0.25) is 0 Å². The largest absolute Gasteiger partial charge is 0.456 e. The lowest BCUT2D eigenvalue weighted by Crippen LogP contribution is -2.28. The minimum absolute atomic E-state index is 0.630. The van der Waals surface area contributed by atoms with E-state index in [4.69, 9.17) is 4.42 Å². The fraction of sp³-hybridized carbons (Fsp3) is 0.0141. The van der Waals surface area contributed by atoms with Crippen molar-refractivity contribution in [2.45, 2.75) is 5.41 Å². The molecule has 73 heavy (non-hydrogen) atoms. The highest BCUT2D eigenvalue weighted by atomic mass is 16.3. The van der Waals surface area contributed by atoms with Crippen molar-refractivity contribution < 1.29 is 4.42 Å². The number of furan rings is 1. The molecule has 12 aromatic carbocycles. The monoisotopic (exact) mass is 929 g/mol. The zero-order chi connectivity index (χ0) is 48.3. The molecule has 0 amide bonds. The molecule has 1 heterocycles. The Bertz CT molecular complexity index is 4130. The van der Waals surface area contributed by atoms with Crippen LogP contribution in [0.5, 0.6) is 0 Å². The van der Waals surface area contributed by atoms with Gasteiger partial charge >= 0.3 is 0 Å². The standard InChI is InChI=1S/C71H47NO/c1-4-16-48(17-5-1)49-30-36-58(37-31-49)72(59-38-32-50(33-39-59)53-35-43-70-66(45-53)65-27-12-13-29-69(65)73-70)60-40-42-64-63-41-34-54(52-20-14-21-55(44-52)62-28-15-19-51-18-10-11-26-61(51)62)46-67(63)71(68(64)47-60,56-22-6-2-7-23-56)57-24-8-3-9-25-57/h1-47H. The Balaban J connectivity index is 0.935. The molecule has 0 bridgehead atoms. The van der Waals surface area contributed by atoms with Gasteiger partial charge in [-0.1, -0.05) is 218 Å². The second kappa shape index (κ2) is 17.4. The number of benzene rings is 12. The van der Waals surface area contributed by atoms with Gasteiger partial charge in [-0.25, -0.2) is 0 Å². The molecule has 1 aliphatic carbocycles. The SMILES string of the molecule is c1ccc(-c2ccc(N(c3ccc(-c4ccc5oc6ccccc6c5c4)cc3)c3ccc4c(c3)C(c3ccccc3)(c3ccccc3)c3cc(-c5cccc(-c6cccc7ccccc67)c5)ccc3-4)cc2)cc1. The van der Waals surface area contributed by atoms with Gasteiger partial charge < -0.3 is 9.32 Å². The summed E-state index contributed by atoms with van der Waals surface area (Å²) in [4.78, 5) is 2.42. The fourth-order valence-corrected chi connectivity index (χ4v) is 11.7. The van der Waals surface area contributed by atoms with Gasteiger partial charge in [0, 0.05) is 27.8 Å². The Labute approximate surface area is 425 Å². The third-order valence-corrected chi connectivity index (χ3v) is 15.2. The third kappa shape index (κ3) is 7.10. The average Bonchev–Trinajstić information content (AvgIpc) is 3.99. The molecule has 1 aliphatic rings. The van der Waals surface area contributed by atoms with E-state index in [1.807, 2.05) is 12.1 Å². The summed E-state index contributed by atoms with van der Waals surface area (Å²) in [5, 5.41) is 4.75. The Morgan fingerprint density at radius 3 is 1.45 bits per heavy atom. The lowest BCUT2D eigenvalue weighted by molar-refractivity contribution is 0.669. The summed E-state index contributed by atoms with van der Waals surface area (Å²) in [6.45, 7) is 0. The number of anilines is 3. The zero-order valence-electron chi connectivity index (χ0n) is 40.0. The van der Waals surface area contributed by atoms with Gasteiger partial charge in [0.1, 0.15) is 11.2 Å². The maximum absolute atomic E-state index is 6.20. The third-order valence-electron chi connectivity index (χ3n) is 15.2. The van der Waals surface area contributed by atoms with Crippen molar-refractivity contribution >= 4 is 49.8 Å². The van der Waals surface area contributed by atoms with Crippen LogP contribution in [0.25, 0.3) is 88.3 Å². The van der Waals surface area contributed by atoms with E-state index < -0.39 is 5.41 Å². The van der Waals surface area contributed by atoms with Crippen molar-refractivity contribution in [1.29, 1.82) is 0 Å². The summed E-state index contributed by atoms with van der Waals surface area (Å²) in [7, 11) is 0. The molecular formula is C71H47NO. The van der Waals surface area contributed by atoms with Crippen LogP contribution in [0.1, 0.15) is 22.3 Å². The molecule has 342 valence electrons. The van der Waals surface area contributed by atoms with Crippen LogP contribution in [0.15, 0.2) is 290 Å². The highest BCUT2D eigenvalue weighted by Gasteiger charge is 2.46. The molecule has 1 aromatic heterocycles. The van der Waals surface area contributed by atoms with Crippen molar-refractivity contribution in [3.05, 3.63) is 307 Å². The minimum atomic E-state index is -0.630. The second-order valence-electron chi connectivity index (χ2n) is 19.2. The van der Waals surface area contributed by atoms with Crippen molar-refractivity contribution in [2.24, 2.45) is 0 Å². The molecule has 2 nitrogen and oxygen atoms in total. The molecule has 0 N–H and O–H groups in total. The van der Waals surface area contributed by atoms with Crippen molar-refractivity contribution in [1.82, 2.24) is 0 Å². The Kier molecular flexibility index (Phi) is 10.1. The van der Waals surface area contributed by atoms with Gasteiger partial charge in [-0.15, -0.1) is 0 Å². The quantitative estimate of drug-likeness (QED) is 0.143. The van der Waals surface area contributed by atoms with Crippen molar-refractivity contribution in [3.8, 4) is 55.6 Å². The maximum atomic E-state index is 6.20. The predicted octanol–water partition coefficient (Wildman–Crippen LogP) is 19.2. The molecular weight excluding hydrogens is 883 g/mol. The molecule has 13 aromatic rings. The molecule has 0 saturated heterocycles. The topological polar surface area (TPSA) is 16.4 Å². The van der Waals surface area contributed by atoms with Gasteiger partial charge in [-0.05, 0) is 155 Å². The molecule has 0 unspecified atom stereocenters. The lowest BCUT2D eigenvalue weighted by Gasteiger charge is -2.35. The smallest absolute Gasteiger partial charge is 0.135 e. The van der Waals surface area contributed by atoms with Crippen LogP contribution < -0.4 is 4.90 Å². The first-order valence-electron chi connectivity index (χ1n) is 25.1. The van der Waals surface area contributed by atoms with Gasteiger partial charge in [-0.2, -0.15) is 0 Å². The lowest BCUT2D eigenvalue weighted by atomic mass is 9.67. The summed E-state index contributed by atoms with van der Waals surface area (Å²) >= 11 is 0. The normalized spacial score (nSPS) is 12.5. The van der Waals surface area contributed by atoms with E-state index in [1.54, 1.807) is 0 Å². The fourth-order valence-electron chi connectivity index (χ4n) is 11.7. The second-order valence-corrected chi connectivity index (χ2v) is 19.2. The van der Waals surface area contributed by atoms with Crippen LogP contribution in [-0.4, -0.2) is 0 Å². The number of rotatable bonds is 9. The van der Waals surface area contributed by atoms with E-state index >= 15 is 0 Å². The maximum Gasteiger partial charge on any atom is 0.135 e. The van der Waals surface area contributed by atoms with Gasteiger partial charge in [0.05, 0.1) is 5.41 Å². The molecule has 0 aliphatic heterocycles. The van der Waals surface area contributed by atoms with E-state index in [0.29, 0.717) is 0 Å². The van der Waals surface area contributed by atoms with Crippen LogP contribution in [0.4, 0.5) is 17.1 Å². The summed E-state index contributed by atoms with van der Waals surface area (Å²) in [6, 6.07) is 104. The average molecular weight is 930 g/mol. The highest BCUT2D eigenvalue weighted by molar-refractivity contribution is 6.06. The highest BCUT2D eigenvalue weighted by Crippen LogP contribution is 2.58. The molecule has 0 radical (unpaired) electrons. The van der Waals surface area contributed by atoms with Crippen LogP contribution >= 0.6 is 0 Å². The minimum Gasteiger partial charge on any atom is -0.456 e. The van der Waals surface area contributed by atoms with Crippen LogP contribution in [0.3, 0.4) is 0 Å². The number of hydrogen-bond acceptors (Lipinski definition) is 2. The molecule has 0 atom stereocenters. The van der Waals surface area contributed by atoms with Crippen LogP contribution in [-0.2, 0) is 5.41 Å². The summed E-state index contributed by atoms with van der Waals surface area (Å²) in [5.74, 6) is 0. The van der Waals surface area contributed by atoms with Gasteiger partial charge in [0.25, 0.3) is 0 Å². The zero-order valence-corrected chi connectivity index (χ0v) is 40.0.